The lowest BCUT2D eigenvalue weighted by Gasteiger charge is -2.22. The summed E-state index contributed by atoms with van der Waals surface area (Å²) in [5.41, 5.74) is 0.640. The summed E-state index contributed by atoms with van der Waals surface area (Å²) in [6, 6.07) is 7.37. The number of carbonyl (C=O) groups excluding carboxylic acids is 1. The molecule has 3 rings (SSSR count). The van der Waals surface area contributed by atoms with E-state index in [9.17, 15) is 9.59 Å². The van der Waals surface area contributed by atoms with E-state index in [0.29, 0.717) is 16.1 Å². The molecule has 0 bridgehead atoms. The standard InChI is InChI=1S/C18H23N3O2S/c1-12(2)21-17(23)14-8-4-5-9-15(14)19-18(21)24-13(3)16(22)20-10-6-7-11-20/h4-5,8-9,12-13H,6-7,10-11H2,1-3H3/t13-/m1/s1. The number of nitrogens with zero attached hydrogens (tertiary/aromatic N) is 3. The van der Waals surface area contributed by atoms with Gasteiger partial charge in [-0.1, -0.05) is 23.9 Å². The molecule has 6 heteroatoms. The summed E-state index contributed by atoms with van der Waals surface area (Å²) in [6.45, 7) is 7.51. The van der Waals surface area contributed by atoms with Crippen LogP contribution in [-0.2, 0) is 4.79 Å². The molecule has 0 saturated carbocycles. The van der Waals surface area contributed by atoms with E-state index in [0.717, 1.165) is 25.9 Å². The van der Waals surface area contributed by atoms with Gasteiger partial charge < -0.3 is 4.90 Å². The van der Waals surface area contributed by atoms with Crippen LogP contribution < -0.4 is 5.56 Å². The molecule has 1 aliphatic heterocycles. The molecule has 0 radical (unpaired) electrons. The lowest BCUT2D eigenvalue weighted by atomic mass is 10.2. The van der Waals surface area contributed by atoms with Gasteiger partial charge in [-0.3, -0.25) is 14.2 Å². The molecule has 0 N–H and O–H groups in total. The molecule has 1 atom stereocenters. The molecule has 128 valence electrons. The van der Waals surface area contributed by atoms with Crippen LogP contribution in [0.2, 0.25) is 0 Å². The first-order valence-electron chi connectivity index (χ1n) is 8.45. The van der Waals surface area contributed by atoms with Crippen molar-refractivity contribution in [2.45, 2.75) is 50.1 Å². The van der Waals surface area contributed by atoms with Gasteiger partial charge in [-0.15, -0.1) is 0 Å². The molecule has 1 aromatic heterocycles. The second-order valence-electron chi connectivity index (χ2n) is 6.47. The molecule has 0 aliphatic carbocycles. The molecule has 2 aromatic rings. The van der Waals surface area contributed by atoms with E-state index in [2.05, 4.69) is 4.98 Å². The van der Waals surface area contributed by atoms with Crippen molar-refractivity contribution in [1.82, 2.24) is 14.5 Å². The maximum absolute atomic E-state index is 12.8. The zero-order chi connectivity index (χ0) is 17.3. The van der Waals surface area contributed by atoms with Gasteiger partial charge in [-0.2, -0.15) is 0 Å². The van der Waals surface area contributed by atoms with E-state index >= 15 is 0 Å². The Bertz CT molecular complexity index is 810. The number of aromatic nitrogens is 2. The number of fused-ring (bicyclic) bond motifs is 1. The van der Waals surface area contributed by atoms with Crippen LogP contribution in [0.5, 0.6) is 0 Å². The highest BCUT2D eigenvalue weighted by Gasteiger charge is 2.26. The highest BCUT2D eigenvalue weighted by molar-refractivity contribution is 8.00. The number of para-hydroxylation sites is 1. The number of carbonyl (C=O) groups is 1. The first-order valence-corrected chi connectivity index (χ1v) is 9.33. The van der Waals surface area contributed by atoms with Crippen LogP contribution in [0.3, 0.4) is 0 Å². The first kappa shape index (κ1) is 17.0. The van der Waals surface area contributed by atoms with Crippen LogP contribution in [-0.4, -0.2) is 38.7 Å². The third-order valence-electron chi connectivity index (χ3n) is 4.34. The number of rotatable bonds is 4. The maximum atomic E-state index is 12.8. The molecule has 2 heterocycles. The smallest absolute Gasteiger partial charge is 0.262 e. The van der Waals surface area contributed by atoms with Gasteiger partial charge in [0.05, 0.1) is 16.2 Å². The minimum Gasteiger partial charge on any atom is -0.342 e. The van der Waals surface area contributed by atoms with Crippen LogP contribution >= 0.6 is 11.8 Å². The average molecular weight is 345 g/mol. The van der Waals surface area contributed by atoms with Gasteiger partial charge in [-0.25, -0.2) is 4.98 Å². The molecule has 1 saturated heterocycles. The zero-order valence-electron chi connectivity index (χ0n) is 14.4. The quantitative estimate of drug-likeness (QED) is 0.631. The van der Waals surface area contributed by atoms with E-state index in [1.54, 1.807) is 10.6 Å². The van der Waals surface area contributed by atoms with E-state index in [-0.39, 0.29) is 22.8 Å². The van der Waals surface area contributed by atoms with Gasteiger partial charge in [0, 0.05) is 19.1 Å². The number of benzene rings is 1. The largest absolute Gasteiger partial charge is 0.342 e. The van der Waals surface area contributed by atoms with Crippen LogP contribution in [0.1, 0.15) is 39.7 Å². The average Bonchev–Trinajstić information content (AvgIpc) is 3.08. The van der Waals surface area contributed by atoms with Gasteiger partial charge in [-0.05, 0) is 45.7 Å². The van der Waals surface area contributed by atoms with Gasteiger partial charge in [0.2, 0.25) is 5.91 Å². The van der Waals surface area contributed by atoms with Crippen LogP contribution in [0, 0.1) is 0 Å². The fourth-order valence-electron chi connectivity index (χ4n) is 3.07. The van der Waals surface area contributed by atoms with Crippen LogP contribution in [0.15, 0.2) is 34.2 Å². The van der Waals surface area contributed by atoms with Crippen molar-refractivity contribution < 1.29 is 4.79 Å². The molecule has 1 amide bonds. The Hall–Kier alpha value is -1.82. The molecular formula is C18H23N3O2S. The third kappa shape index (κ3) is 3.20. The normalized spacial score (nSPS) is 16.1. The molecule has 24 heavy (non-hydrogen) atoms. The van der Waals surface area contributed by atoms with Crippen LogP contribution in [0.4, 0.5) is 0 Å². The van der Waals surface area contributed by atoms with E-state index in [1.807, 2.05) is 43.9 Å². The van der Waals surface area contributed by atoms with Crippen molar-refractivity contribution in [2.75, 3.05) is 13.1 Å². The topological polar surface area (TPSA) is 55.2 Å². The summed E-state index contributed by atoms with van der Waals surface area (Å²) in [5.74, 6) is 0.134. The number of amides is 1. The second-order valence-corrected chi connectivity index (χ2v) is 7.78. The Morgan fingerprint density at radius 2 is 1.83 bits per heavy atom. The number of likely N-dealkylation sites (tertiary alicyclic amines) is 1. The summed E-state index contributed by atoms with van der Waals surface area (Å²) in [4.78, 5) is 32.0. The Kier molecular flexibility index (Phi) is 4.94. The molecule has 1 aliphatic rings. The summed E-state index contributed by atoms with van der Waals surface area (Å²) in [5, 5.41) is 0.990. The minimum atomic E-state index is -0.249. The Morgan fingerprint density at radius 3 is 2.50 bits per heavy atom. The maximum Gasteiger partial charge on any atom is 0.262 e. The molecular weight excluding hydrogens is 322 g/mol. The summed E-state index contributed by atoms with van der Waals surface area (Å²) in [6.07, 6.45) is 2.15. The summed E-state index contributed by atoms with van der Waals surface area (Å²) >= 11 is 1.38. The highest BCUT2D eigenvalue weighted by Crippen LogP contribution is 2.26. The minimum absolute atomic E-state index is 0.00815. The van der Waals surface area contributed by atoms with E-state index in [1.165, 1.54) is 11.8 Å². The monoisotopic (exact) mass is 345 g/mol. The first-order chi connectivity index (χ1) is 11.5. The van der Waals surface area contributed by atoms with Crippen molar-refractivity contribution in [1.29, 1.82) is 0 Å². The van der Waals surface area contributed by atoms with Crippen molar-refractivity contribution >= 4 is 28.6 Å². The third-order valence-corrected chi connectivity index (χ3v) is 5.39. The van der Waals surface area contributed by atoms with Crippen molar-refractivity contribution in [2.24, 2.45) is 0 Å². The Labute approximate surface area is 146 Å². The second kappa shape index (κ2) is 6.97. The summed E-state index contributed by atoms with van der Waals surface area (Å²) < 4.78 is 1.70. The van der Waals surface area contributed by atoms with Crippen molar-refractivity contribution in [3.63, 3.8) is 0 Å². The van der Waals surface area contributed by atoms with Gasteiger partial charge in [0.1, 0.15) is 0 Å². The summed E-state index contributed by atoms with van der Waals surface area (Å²) in [7, 11) is 0. The number of thioether (sulfide) groups is 1. The van der Waals surface area contributed by atoms with E-state index < -0.39 is 0 Å². The molecule has 0 spiro atoms. The fraction of sp³-hybridized carbons (Fsp3) is 0.500. The molecule has 1 fully saturated rings. The predicted octanol–water partition coefficient (Wildman–Crippen LogP) is 3.08. The lowest BCUT2D eigenvalue weighted by Crippen LogP contribution is -2.35. The van der Waals surface area contributed by atoms with Crippen molar-refractivity contribution in [3.05, 3.63) is 34.6 Å². The van der Waals surface area contributed by atoms with Crippen molar-refractivity contribution in [3.8, 4) is 0 Å². The van der Waals surface area contributed by atoms with Gasteiger partial charge in [0.25, 0.3) is 5.56 Å². The Morgan fingerprint density at radius 1 is 1.17 bits per heavy atom. The molecule has 0 unspecified atom stereocenters. The molecule has 1 aromatic carbocycles. The van der Waals surface area contributed by atoms with Crippen LogP contribution in [0.25, 0.3) is 10.9 Å². The zero-order valence-corrected chi connectivity index (χ0v) is 15.2. The van der Waals surface area contributed by atoms with E-state index in [4.69, 9.17) is 0 Å². The fourth-order valence-corrected chi connectivity index (χ4v) is 4.19. The SMILES string of the molecule is CC(C)n1c(S[C@H](C)C(=O)N2CCCC2)nc2ccccc2c1=O. The van der Waals surface area contributed by atoms with Gasteiger partial charge in [0.15, 0.2) is 5.16 Å². The molecule has 5 nitrogen and oxygen atoms in total. The van der Waals surface area contributed by atoms with Gasteiger partial charge >= 0.3 is 0 Å². The highest BCUT2D eigenvalue weighted by atomic mass is 32.2. The lowest BCUT2D eigenvalue weighted by molar-refractivity contribution is -0.129. The number of hydrogen-bond donors (Lipinski definition) is 0. The number of hydrogen-bond acceptors (Lipinski definition) is 4. The predicted molar refractivity (Wildman–Crippen MR) is 97.5 cm³/mol. The Balaban J connectivity index is 1.97.